The first-order valence-corrected chi connectivity index (χ1v) is 5.76. The van der Waals surface area contributed by atoms with Crippen molar-refractivity contribution in [3.05, 3.63) is 22.4 Å². The van der Waals surface area contributed by atoms with Crippen LogP contribution in [0.15, 0.2) is 12.3 Å². The van der Waals surface area contributed by atoms with Crippen LogP contribution >= 0.6 is 0 Å². The van der Waals surface area contributed by atoms with E-state index in [9.17, 15) is 24.5 Å². The molecule has 0 saturated carbocycles. The molecule has 0 radical (unpaired) electrons. The normalized spacial score (nSPS) is 18.5. The Kier molecular flexibility index (Phi) is 3.73. The van der Waals surface area contributed by atoms with Crippen molar-refractivity contribution < 1.29 is 19.3 Å². The quantitative estimate of drug-likeness (QED) is 0.400. The highest BCUT2D eigenvalue weighted by molar-refractivity contribution is 6.01. The standard InChI is InChI=1S/C10H11N5O5/c16-8-2-1-6(10(18)12-8)11-9(17)5-14-4-3-7(13-14)15(19)20/h3-4,6H,1-2,5H2,(H,11,17)(H,12,16,18). The molecule has 3 amide bonds. The first kappa shape index (κ1) is 13.6. The van der Waals surface area contributed by atoms with E-state index in [-0.39, 0.29) is 31.1 Å². The summed E-state index contributed by atoms with van der Waals surface area (Å²) in [6.45, 7) is -0.244. The van der Waals surface area contributed by atoms with Crippen molar-refractivity contribution in [2.24, 2.45) is 0 Å². The van der Waals surface area contributed by atoms with Crippen molar-refractivity contribution in [2.75, 3.05) is 0 Å². The van der Waals surface area contributed by atoms with E-state index < -0.39 is 22.8 Å². The van der Waals surface area contributed by atoms with Gasteiger partial charge in [-0.1, -0.05) is 0 Å². The Balaban J connectivity index is 1.90. The average molecular weight is 281 g/mol. The second-order valence-corrected chi connectivity index (χ2v) is 4.20. The van der Waals surface area contributed by atoms with E-state index >= 15 is 0 Å². The molecular weight excluding hydrogens is 270 g/mol. The topological polar surface area (TPSA) is 136 Å². The summed E-state index contributed by atoms with van der Waals surface area (Å²) in [5.74, 6) is -1.81. The molecule has 1 aromatic rings. The smallest absolute Gasteiger partial charge is 0.358 e. The predicted molar refractivity (Wildman–Crippen MR) is 63.2 cm³/mol. The Morgan fingerprint density at radius 2 is 2.35 bits per heavy atom. The molecule has 2 rings (SSSR count). The van der Waals surface area contributed by atoms with Gasteiger partial charge in [-0.2, -0.15) is 4.68 Å². The molecule has 10 heteroatoms. The fourth-order valence-corrected chi connectivity index (χ4v) is 1.75. The Morgan fingerprint density at radius 1 is 1.60 bits per heavy atom. The molecule has 2 heterocycles. The van der Waals surface area contributed by atoms with E-state index in [1.165, 1.54) is 12.3 Å². The monoisotopic (exact) mass is 281 g/mol. The van der Waals surface area contributed by atoms with Crippen LogP contribution in [-0.4, -0.2) is 38.5 Å². The van der Waals surface area contributed by atoms with E-state index in [2.05, 4.69) is 15.7 Å². The molecule has 1 saturated heterocycles. The van der Waals surface area contributed by atoms with Gasteiger partial charge in [0, 0.05) is 6.42 Å². The summed E-state index contributed by atoms with van der Waals surface area (Å²) < 4.78 is 1.10. The second-order valence-electron chi connectivity index (χ2n) is 4.20. The average Bonchev–Trinajstić information content (AvgIpc) is 2.81. The molecule has 0 aliphatic carbocycles. The largest absolute Gasteiger partial charge is 0.389 e. The molecule has 1 atom stereocenters. The highest BCUT2D eigenvalue weighted by Gasteiger charge is 2.28. The van der Waals surface area contributed by atoms with Gasteiger partial charge in [-0.05, 0) is 11.3 Å². The van der Waals surface area contributed by atoms with Gasteiger partial charge in [0.15, 0.2) is 0 Å². The highest BCUT2D eigenvalue weighted by Crippen LogP contribution is 2.06. The Morgan fingerprint density at radius 3 is 2.95 bits per heavy atom. The molecule has 2 N–H and O–H groups in total. The number of hydrogen-bond donors (Lipinski definition) is 2. The van der Waals surface area contributed by atoms with Crippen LogP contribution in [0.2, 0.25) is 0 Å². The molecule has 10 nitrogen and oxygen atoms in total. The maximum Gasteiger partial charge on any atom is 0.389 e. The molecule has 1 aliphatic rings. The number of carbonyl (C=O) groups is 3. The van der Waals surface area contributed by atoms with Gasteiger partial charge in [-0.3, -0.25) is 19.7 Å². The van der Waals surface area contributed by atoms with Crippen LogP contribution in [0.25, 0.3) is 0 Å². The van der Waals surface area contributed by atoms with Gasteiger partial charge in [-0.15, -0.1) is 0 Å². The van der Waals surface area contributed by atoms with E-state index in [4.69, 9.17) is 0 Å². The van der Waals surface area contributed by atoms with Crippen molar-refractivity contribution in [2.45, 2.75) is 25.4 Å². The predicted octanol–water partition coefficient (Wildman–Crippen LogP) is -1.29. The van der Waals surface area contributed by atoms with Crippen molar-refractivity contribution in [1.82, 2.24) is 20.4 Å². The molecule has 0 aromatic carbocycles. The first-order valence-electron chi connectivity index (χ1n) is 5.76. The van der Waals surface area contributed by atoms with Crippen molar-refractivity contribution in [1.29, 1.82) is 0 Å². The third-order valence-corrected chi connectivity index (χ3v) is 2.69. The van der Waals surface area contributed by atoms with Crippen molar-refractivity contribution in [3.8, 4) is 0 Å². The fraction of sp³-hybridized carbons (Fsp3) is 0.400. The fourth-order valence-electron chi connectivity index (χ4n) is 1.75. The molecular formula is C10H11N5O5. The van der Waals surface area contributed by atoms with E-state index in [1.54, 1.807) is 0 Å². The summed E-state index contributed by atoms with van der Waals surface area (Å²) in [5.41, 5.74) is 0. The number of carbonyl (C=O) groups excluding carboxylic acids is 3. The van der Waals surface area contributed by atoms with Gasteiger partial charge in [0.25, 0.3) is 0 Å². The lowest BCUT2D eigenvalue weighted by Gasteiger charge is -2.21. The lowest BCUT2D eigenvalue weighted by atomic mass is 10.1. The zero-order chi connectivity index (χ0) is 14.7. The Hall–Kier alpha value is -2.78. The van der Waals surface area contributed by atoms with Crippen molar-refractivity contribution >= 4 is 23.5 Å². The SMILES string of the molecule is O=C1CCC(NC(=O)Cn2ccc([N+](=O)[O-])n2)C(=O)N1. The summed E-state index contributed by atoms with van der Waals surface area (Å²) in [6.07, 6.45) is 1.68. The van der Waals surface area contributed by atoms with Crippen LogP contribution in [0, 0.1) is 10.1 Å². The third kappa shape index (κ3) is 3.16. The zero-order valence-electron chi connectivity index (χ0n) is 10.2. The Labute approximate surface area is 112 Å². The third-order valence-electron chi connectivity index (χ3n) is 2.69. The van der Waals surface area contributed by atoms with Crippen LogP contribution in [0.4, 0.5) is 5.82 Å². The number of amides is 3. The van der Waals surface area contributed by atoms with Crippen molar-refractivity contribution in [3.63, 3.8) is 0 Å². The maximum absolute atomic E-state index is 11.7. The summed E-state index contributed by atoms with van der Waals surface area (Å²) in [6, 6.07) is 0.393. The maximum atomic E-state index is 11.7. The number of hydrogen-bond acceptors (Lipinski definition) is 6. The molecule has 20 heavy (non-hydrogen) atoms. The molecule has 0 bridgehead atoms. The molecule has 1 fully saturated rings. The highest BCUT2D eigenvalue weighted by atomic mass is 16.6. The number of piperidine rings is 1. The van der Waals surface area contributed by atoms with Crippen LogP contribution in [0.3, 0.4) is 0 Å². The lowest BCUT2D eigenvalue weighted by molar-refractivity contribution is -0.389. The zero-order valence-corrected chi connectivity index (χ0v) is 10.2. The molecule has 0 spiro atoms. The molecule has 1 aliphatic heterocycles. The minimum absolute atomic E-state index is 0.157. The van der Waals surface area contributed by atoms with E-state index in [0.717, 1.165) is 4.68 Å². The van der Waals surface area contributed by atoms with Crippen LogP contribution in [0.1, 0.15) is 12.8 Å². The van der Waals surface area contributed by atoms with E-state index in [0.29, 0.717) is 0 Å². The summed E-state index contributed by atoms with van der Waals surface area (Å²) in [7, 11) is 0. The summed E-state index contributed by atoms with van der Waals surface area (Å²) in [5, 5.41) is 18.6. The van der Waals surface area contributed by atoms with Crippen LogP contribution in [-0.2, 0) is 20.9 Å². The van der Waals surface area contributed by atoms with Crippen LogP contribution < -0.4 is 10.6 Å². The van der Waals surface area contributed by atoms with Gasteiger partial charge in [0.1, 0.15) is 12.6 Å². The van der Waals surface area contributed by atoms with Gasteiger partial charge in [-0.25, -0.2) is 0 Å². The lowest BCUT2D eigenvalue weighted by Crippen LogP contribution is -2.52. The molecule has 1 aromatic heterocycles. The summed E-state index contributed by atoms with van der Waals surface area (Å²) in [4.78, 5) is 43.8. The van der Waals surface area contributed by atoms with E-state index in [1.807, 2.05) is 0 Å². The molecule has 1 unspecified atom stereocenters. The minimum Gasteiger partial charge on any atom is -0.358 e. The van der Waals surface area contributed by atoms with Gasteiger partial charge in [0.2, 0.25) is 17.7 Å². The van der Waals surface area contributed by atoms with Gasteiger partial charge < -0.3 is 15.4 Å². The summed E-state index contributed by atoms with van der Waals surface area (Å²) >= 11 is 0. The Bertz CT molecular complexity index is 580. The number of aromatic nitrogens is 2. The minimum atomic E-state index is -0.772. The number of nitrogens with one attached hydrogen (secondary N) is 2. The number of rotatable bonds is 4. The number of imide groups is 1. The van der Waals surface area contributed by atoms with Gasteiger partial charge in [0.05, 0.1) is 17.4 Å². The first-order chi connectivity index (χ1) is 9.45. The molecule has 106 valence electrons. The van der Waals surface area contributed by atoms with Gasteiger partial charge >= 0.3 is 5.82 Å². The number of nitro groups is 1. The number of nitrogens with zero attached hydrogens (tertiary/aromatic N) is 3. The second kappa shape index (κ2) is 5.47. The van der Waals surface area contributed by atoms with Crippen LogP contribution in [0.5, 0.6) is 0 Å².